The highest BCUT2D eigenvalue weighted by Crippen LogP contribution is 2.22. The van der Waals surface area contributed by atoms with Crippen LogP contribution < -0.4 is 4.74 Å². The summed E-state index contributed by atoms with van der Waals surface area (Å²) in [5.41, 5.74) is 0.992. The smallest absolute Gasteiger partial charge is 0.194 e. The largest absolute Gasteiger partial charge is 0.492 e. The summed E-state index contributed by atoms with van der Waals surface area (Å²) in [4.78, 5) is 16.4. The van der Waals surface area contributed by atoms with Gasteiger partial charge in [0.25, 0.3) is 0 Å². The topological polar surface area (TPSA) is 39.2 Å². The standard InChI is InChI=1S/C15H13BrClNO2/c1-2-3-20-14-6-11(8-18-9-14)15(19)10-4-12(16)7-13(17)5-10/h4-9H,2-3H2,1H3. The number of hydrogen-bond donors (Lipinski definition) is 0. The molecule has 2 rings (SSSR count). The Morgan fingerprint density at radius 2 is 2.05 bits per heavy atom. The molecule has 1 aromatic heterocycles. The van der Waals surface area contributed by atoms with Crippen molar-refractivity contribution in [1.29, 1.82) is 0 Å². The van der Waals surface area contributed by atoms with Gasteiger partial charge >= 0.3 is 0 Å². The molecule has 104 valence electrons. The molecule has 0 fully saturated rings. The zero-order valence-electron chi connectivity index (χ0n) is 10.9. The van der Waals surface area contributed by atoms with Gasteiger partial charge in [0.05, 0.1) is 12.8 Å². The lowest BCUT2D eigenvalue weighted by molar-refractivity contribution is 0.103. The Hall–Kier alpha value is -1.39. The van der Waals surface area contributed by atoms with Gasteiger partial charge in [-0.3, -0.25) is 9.78 Å². The first kappa shape index (κ1) is 15.0. The highest BCUT2D eigenvalue weighted by Gasteiger charge is 2.12. The first-order valence-corrected chi connectivity index (χ1v) is 7.36. The number of rotatable bonds is 5. The fourth-order valence-corrected chi connectivity index (χ4v) is 2.55. The number of ether oxygens (including phenoxy) is 1. The number of carbonyl (C=O) groups excluding carboxylic acids is 1. The van der Waals surface area contributed by atoms with Crippen LogP contribution >= 0.6 is 27.5 Å². The van der Waals surface area contributed by atoms with Gasteiger partial charge in [-0.15, -0.1) is 0 Å². The number of pyridine rings is 1. The van der Waals surface area contributed by atoms with Gasteiger partial charge in [-0.2, -0.15) is 0 Å². The molecule has 1 aromatic carbocycles. The van der Waals surface area contributed by atoms with E-state index >= 15 is 0 Å². The minimum atomic E-state index is -0.136. The molecule has 5 heteroatoms. The maximum Gasteiger partial charge on any atom is 0.194 e. The van der Waals surface area contributed by atoms with Crippen LogP contribution in [-0.4, -0.2) is 17.4 Å². The van der Waals surface area contributed by atoms with Crippen LogP contribution in [-0.2, 0) is 0 Å². The van der Waals surface area contributed by atoms with Gasteiger partial charge in [-0.05, 0) is 30.7 Å². The highest BCUT2D eigenvalue weighted by atomic mass is 79.9. The highest BCUT2D eigenvalue weighted by molar-refractivity contribution is 9.10. The molecule has 0 aliphatic carbocycles. The molecule has 0 atom stereocenters. The maximum absolute atomic E-state index is 12.4. The maximum atomic E-state index is 12.4. The van der Waals surface area contributed by atoms with E-state index < -0.39 is 0 Å². The second kappa shape index (κ2) is 6.86. The zero-order chi connectivity index (χ0) is 14.5. The van der Waals surface area contributed by atoms with Gasteiger partial charge in [-0.1, -0.05) is 34.5 Å². The van der Waals surface area contributed by atoms with E-state index in [0.29, 0.717) is 28.5 Å². The number of benzene rings is 1. The van der Waals surface area contributed by atoms with Crippen molar-refractivity contribution in [2.24, 2.45) is 0 Å². The molecule has 0 N–H and O–H groups in total. The molecule has 0 saturated carbocycles. The first-order valence-electron chi connectivity index (χ1n) is 6.19. The molecule has 3 nitrogen and oxygen atoms in total. The zero-order valence-corrected chi connectivity index (χ0v) is 13.2. The molecule has 0 spiro atoms. The Labute approximate surface area is 131 Å². The van der Waals surface area contributed by atoms with E-state index in [1.54, 1.807) is 30.5 Å². The van der Waals surface area contributed by atoms with Crippen LogP contribution in [0.1, 0.15) is 29.3 Å². The summed E-state index contributed by atoms with van der Waals surface area (Å²) in [7, 11) is 0. The van der Waals surface area contributed by atoms with Gasteiger partial charge in [-0.25, -0.2) is 0 Å². The lowest BCUT2D eigenvalue weighted by atomic mass is 10.1. The van der Waals surface area contributed by atoms with Gasteiger partial charge in [0.1, 0.15) is 5.75 Å². The van der Waals surface area contributed by atoms with E-state index in [0.717, 1.165) is 10.9 Å². The van der Waals surface area contributed by atoms with Gasteiger partial charge < -0.3 is 4.74 Å². The molecule has 0 saturated heterocycles. The minimum Gasteiger partial charge on any atom is -0.492 e. The third-order valence-corrected chi connectivity index (χ3v) is 3.25. The van der Waals surface area contributed by atoms with Crippen LogP contribution in [0.25, 0.3) is 0 Å². The van der Waals surface area contributed by atoms with Crippen molar-refractivity contribution < 1.29 is 9.53 Å². The van der Waals surface area contributed by atoms with Crippen LogP contribution in [0.2, 0.25) is 5.02 Å². The summed E-state index contributed by atoms with van der Waals surface area (Å²) in [6.45, 7) is 2.62. The Balaban J connectivity index is 2.28. The molecule has 0 unspecified atom stereocenters. The molecule has 0 aliphatic heterocycles. The summed E-state index contributed by atoms with van der Waals surface area (Å²) in [6.07, 6.45) is 4.02. The first-order chi connectivity index (χ1) is 9.60. The summed E-state index contributed by atoms with van der Waals surface area (Å²) >= 11 is 9.28. The van der Waals surface area contributed by atoms with Crippen molar-refractivity contribution >= 4 is 33.3 Å². The predicted octanol–water partition coefficient (Wildman–Crippen LogP) is 4.52. The number of hydrogen-bond acceptors (Lipinski definition) is 3. The van der Waals surface area contributed by atoms with E-state index in [1.165, 1.54) is 6.20 Å². The third-order valence-electron chi connectivity index (χ3n) is 2.57. The third kappa shape index (κ3) is 3.81. The molecular formula is C15H13BrClNO2. The summed E-state index contributed by atoms with van der Waals surface area (Å²) in [5, 5.41) is 0.508. The lowest BCUT2D eigenvalue weighted by Crippen LogP contribution is -2.03. The van der Waals surface area contributed by atoms with E-state index in [9.17, 15) is 4.79 Å². The van der Waals surface area contributed by atoms with Gasteiger partial charge in [0.15, 0.2) is 5.78 Å². The molecular weight excluding hydrogens is 342 g/mol. The lowest BCUT2D eigenvalue weighted by Gasteiger charge is -2.06. The van der Waals surface area contributed by atoms with E-state index in [2.05, 4.69) is 20.9 Å². The van der Waals surface area contributed by atoms with Crippen LogP contribution in [0.3, 0.4) is 0 Å². The van der Waals surface area contributed by atoms with E-state index in [1.807, 2.05) is 6.92 Å². The number of nitrogens with zero attached hydrogens (tertiary/aromatic N) is 1. The van der Waals surface area contributed by atoms with Gasteiger partial charge in [0, 0.05) is 26.8 Å². The van der Waals surface area contributed by atoms with E-state index in [4.69, 9.17) is 16.3 Å². The molecule has 2 aromatic rings. The molecule has 1 heterocycles. The average Bonchev–Trinajstić information content (AvgIpc) is 2.43. The molecule has 0 bridgehead atoms. The number of ketones is 1. The van der Waals surface area contributed by atoms with Gasteiger partial charge in [0.2, 0.25) is 0 Å². The van der Waals surface area contributed by atoms with Crippen molar-refractivity contribution in [3.05, 3.63) is 57.3 Å². The predicted molar refractivity (Wildman–Crippen MR) is 82.6 cm³/mol. The Morgan fingerprint density at radius 1 is 1.25 bits per heavy atom. The van der Waals surface area contributed by atoms with Crippen LogP contribution in [0.4, 0.5) is 0 Å². The minimum absolute atomic E-state index is 0.136. The fraction of sp³-hybridized carbons (Fsp3) is 0.200. The Morgan fingerprint density at radius 3 is 2.75 bits per heavy atom. The normalized spacial score (nSPS) is 10.3. The summed E-state index contributed by atoms with van der Waals surface area (Å²) < 4.78 is 6.24. The van der Waals surface area contributed by atoms with Crippen molar-refractivity contribution in [3.63, 3.8) is 0 Å². The van der Waals surface area contributed by atoms with Crippen molar-refractivity contribution in [2.75, 3.05) is 6.61 Å². The van der Waals surface area contributed by atoms with Crippen molar-refractivity contribution in [3.8, 4) is 5.75 Å². The summed E-state index contributed by atoms with van der Waals surface area (Å²) in [6, 6.07) is 6.79. The molecule has 0 radical (unpaired) electrons. The fourth-order valence-electron chi connectivity index (χ4n) is 1.69. The Kier molecular flexibility index (Phi) is 5.15. The molecule has 0 amide bonds. The van der Waals surface area contributed by atoms with Crippen molar-refractivity contribution in [2.45, 2.75) is 13.3 Å². The number of carbonyl (C=O) groups is 1. The van der Waals surface area contributed by atoms with E-state index in [-0.39, 0.29) is 5.78 Å². The second-order valence-corrected chi connectivity index (χ2v) is 5.60. The average molecular weight is 355 g/mol. The Bertz CT molecular complexity index is 611. The van der Waals surface area contributed by atoms with Crippen LogP contribution in [0.15, 0.2) is 41.1 Å². The summed E-state index contributed by atoms with van der Waals surface area (Å²) in [5.74, 6) is 0.460. The van der Waals surface area contributed by atoms with Crippen LogP contribution in [0.5, 0.6) is 5.75 Å². The monoisotopic (exact) mass is 353 g/mol. The number of halogens is 2. The second-order valence-electron chi connectivity index (χ2n) is 4.25. The van der Waals surface area contributed by atoms with Crippen LogP contribution in [0, 0.1) is 0 Å². The molecule has 20 heavy (non-hydrogen) atoms. The molecule has 0 aliphatic rings. The quantitative estimate of drug-likeness (QED) is 0.741. The SMILES string of the molecule is CCCOc1cncc(C(=O)c2cc(Cl)cc(Br)c2)c1. The van der Waals surface area contributed by atoms with Crippen molar-refractivity contribution in [1.82, 2.24) is 4.98 Å². The number of aromatic nitrogens is 1.